The van der Waals surface area contributed by atoms with Gasteiger partial charge in [-0.3, -0.25) is 9.79 Å². The predicted molar refractivity (Wildman–Crippen MR) is 103 cm³/mol. The Morgan fingerprint density at radius 2 is 1.86 bits per heavy atom. The summed E-state index contributed by atoms with van der Waals surface area (Å²) in [7, 11) is 1.74. The van der Waals surface area contributed by atoms with Gasteiger partial charge in [0, 0.05) is 32.2 Å². The minimum atomic E-state index is -0.0503. The zero-order valence-electron chi connectivity index (χ0n) is 13.8. The van der Waals surface area contributed by atoms with Crippen LogP contribution in [0.5, 0.6) is 0 Å². The van der Waals surface area contributed by atoms with Crippen molar-refractivity contribution in [2.75, 3.05) is 26.7 Å². The van der Waals surface area contributed by atoms with Crippen molar-refractivity contribution in [1.82, 2.24) is 16.0 Å². The fraction of sp³-hybridized carbons (Fsp3) is 0.500. The molecule has 0 aromatic heterocycles. The van der Waals surface area contributed by atoms with Crippen molar-refractivity contribution in [3.8, 4) is 0 Å². The molecule has 0 aliphatic heterocycles. The van der Waals surface area contributed by atoms with Gasteiger partial charge in [-0.05, 0) is 25.0 Å². The van der Waals surface area contributed by atoms with Gasteiger partial charge in [0.25, 0.3) is 5.91 Å². The number of carbonyl (C=O) groups excluding carboxylic acids is 1. The highest BCUT2D eigenvalue weighted by atomic mass is 127. The lowest BCUT2D eigenvalue weighted by Gasteiger charge is -2.13. The summed E-state index contributed by atoms with van der Waals surface area (Å²) in [6, 6.07) is 7.56. The second-order valence-corrected chi connectivity index (χ2v) is 5.40. The molecule has 22 heavy (non-hydrogen) atoms. The molecule has 5 nitrogen and oxygen atoms in total. The van der Waals surface area contributed by atoms with E-state index < -0.39 is 0 Å². The minimum absolute atomic E-state index is 0. The summed E-state index contributed by atoms with van der Waals surface area (Å²) in [4.78, 5) is 16.1. The van der Waals surface area contributed by atoms with Gasteiger partial charge in [-0.25, -0.2) is 0 Å². The topological polar surface area (TPSA) is 65.5 Å². The van der Waals surface area contributed by atoms with Crippen LogP contribution in [0.15, 0.2) is 29.3 Å². The van der Waals surface area contributed by atoms with Crippen molar-refractivity contribution in [2.24, 2.45) is 10.9 Å². The average molecular weight is 418 g/mol. The molecule has 0 saturated heterocycles. The number of rotatable bonds is 6. The molecule has 1 amide bonds. The molecule has 0 radical (unpaired) electrons. The third-order valence-electron chi connectivity index (χ3n) is 2.88. The fourth-order valence-electron chi connectivity index (χ4n) is 1.77. The SMILES string of the molecule is CN=C(NCCNC(=O)c1cccc(C)c1)NCC(C)C.I. The number of halogens is 1. The van der Waals surface area contributed by atoms with E-state index in [4.69, 9.17) is 0 Å². The average Bonchev–Trinajstić information content (AvgIpc) is 2.46. The van der Waals surface area contributed by atoms with Crippen LogP contribution in [-0.4, -0.2) is 38.5 Å². The van der Waals surface area contributed by atoms with Crippen LogP contribution in [0.2, 0.25) is 0 Å². The number of aliphatic imine (C=N–C) groups is 1. The molecule has 0 fully saturated rings. The Labute approximate surface area is 150 Å². The third-order valence-corrected chi connectivity index (χ3v) is 2.88. The van der Waals surface area contributed by atoms with E-state index in [0.29, 0.717) is 24.6 Å². The molecule has 0 aliphatic rings. The second-order valence-electron chi connectivity index (χ2n) is 5.40. The number of nitrogens with one attached hydrogen (secondary N) is 3. The number of hydrogen-bond donors (Lipinski definition) is 3. The normalized spacial score (nSPS) is 10.9. The fourth-order valence-corrected chi connectivity index (χ4v) is 1.77. The molecule has 1 aromatic rings. The lowest BCUT2D eigenvalue weighted by atomic mass is 10.1. The summed E-state index contributed by atoms with van der Waals surface area (Å²) in [6.45, 7) is 8.31. The molecule has 0 saturated carbocycles. The largest absolute Gasteiger partial charge is 0.356 e. The van der Waals surface area contributed by atoms with E-state index in [0.717, 1.165) is 18.1 Å². The van der Waals surface area contributed by atoms with E-state index in [1.165, 1.54) is 0 Å². The zero-order valence-corrected chi connectivity index (χ0v) is 16.1. The van der Waals surface area contributed by atoms with Crippen molar-refractivity contribution in [1.29, 1.82) is 0 Å². The van der Waals surface area contributed by atoms with Crippen molar-refractivity contribution < 1.29 is 4.79 Å². The summed E-state index contributed by atoms with van der Waals surface area (Å²) in [5.74, 6) is 1.27. The van der Waals surface area contributed by atoms with Gasteiger partial charge in [-0.15, -0.1) is 24.0 Å². The van der Waals surface area contributed by atoms with Crippen LogP contribution >= 0.6 is 24.0 Å². The Morgan fingerprint density at radius 1 is 1.18 bits per heavy atom. The van der Waals surface area contributed by atoms with Crippen molar-refractivity contribution in [3.05, 3.63) is 35.4 Å². The van der Waals surface area contributed by atoms with Gasteiger partial charge in [0.15, 0.2) is 5.96 Å². The van der Waals surface area contributed by atoms with Gasteiger partial charge >= 0.3 is 0 Å². The number of amides is 1. The summed E-state index contributed by atoms with van der Waals surface area (Å²) in [6.07, 6.45) is 0. The third kappa shape index (κ3) is 8.21. The van der Waals surface area contributed by atoms with Gasteiger partial charge in [0.2, 0.25) is 0 Å². The van der Waals surface area contributed by atoms with E-state index in [9.17, 15) is 4.79 Å². The highest BCUT2D eigenvalue weighted by molar-refractivity contribution is 14.0. The summed E-state index contributed by atoms with van der Waals surface area (Å²) >= 11 is 0. The van der Waals surface area contributed by atoms with E-state index in [1.807, 2.05) is 31.2 Å². The van der Waals surface area contributed by atoms with Crippen LogP contribution in [0.3, 0.4) is 0 Å². The van der Waals surface area contributed by atoms with Crippen LogP contribution in [0.25, 0.3) is 0 Å². The van der Waals surface area contributed by atoms with Gasteiger partial charge in [0.05, 0.1) is 0 Å². The van der Waals surface area contributed by atoms with Crippen LogP contribution < -0.4 is 16.0 Å². The first-order valence-electron chi connectivity index (χ1n) is 7.32. The molecule has 1 aromatic carbocycles. The number of guanidine groups is 1. The Morgan fingerprint density at radius 3 is 2.45 bits per heavy atom. The number of carbonyl (C=O) groups is 1. The predicted octanol–water partition coefficient (Wildman–Crippen LogP) is 2.16. The van der Waals surface area contributed by atoms with Crippen molar-refractivity contribution in [3.63, 3.8) is 0 Å². The van der Waals surface area contributed by atoms with Gasteiger partial charge in [-0.2, -0.15) is 0 Å². The molecular formula is C16H27IN4O. The van der Waals surface area contributed by atoms with Gasteiger partial charge in [-0.1, -0.05) is 31.5 Å². The monoisotopic (exact) mass is 418 g/mol. The first kappa shape index (κ1) is 20.7. The molecule has 1 rings (SSSR count). The molecular weight excluding hydrogens is 391 g/mol. The molecule has 0 aliphatic carbocycles. The highest BCUT2D eigenvalue weighted by Crippen LogP contribution is 2.03. The van der Waals surface area contributed by atoms with Gasteiger partial charge in [0.1, 0.15) is 0 Å². The number of aryl methyl sites for hydroxylation is 1. The molecule has 0 atom stereocenters. The molecule has 3 N–H and O–H groups in total. The maximum Gasteiger partial charge on any atom is 0.251 e. The number of nitrogens with zero attached hydrogens (tertiary/aromatic N) is 1. The van der Waals surface area contributed by atoms with E-state index in [-0.39, 0.29) is 29.9 Å². The van der Waals surface area contributed by atoms with Crippen LogP contribution in [0.1, 0.15) is 29.8 Å². The van der Waals surface area contributed by atoms with Crippen LogP contribution in [0.4, 0.5) is 0 Å². The van der Waals surface area contributed by atoms with Crippen LogP contribution in [0, 0.1) is 12.8 Å². The summed E-state index contributed by atoms with van der Waals surface area (Å²) in [5, 5.41) is 9.28. The van der Waals surface area contributed by atoms with E-state index in [2.05, 4.69) is 34.8 Å². The number of benzene rings is 1. The Kier molecular flexibility index (Phi) is 10.6. The quantitative estimate of drug-likeness (QED) is 0.287. The molecule has 0 bridgehead atoms. The standard InChI is InChI=1S/C16H26N4O.HI/c1-12(2)11-20-16(17-4)19-9-8-18-15(21)14-7-5-6-13(3)10-14;/h5-7,10,12H,8-9,11H2,1-4H3,(H,18,21)(H2,17,19,20);1H. The molecule has 6 heteroatoms. The second kappa shape index (κ2) is 11.3. The smallest absolute Gasteiger partial charge is 0.251 e. The molecule has 0 unspecified atom stereocenters. The Balaban J connectivity index is 0.00000441. The highest BCUT2D eigenvalue weighted by Gasteiger charge is 2.04. The summed E-state index contributed by atoms with van der Waals surface area (Å²) in [5.41, 5.74) is 1.77. The number of hydrogen-bond acceptors (Lipinski definition) is 2. The molecule has 0 heterocycles. The van der Waals surface area contributed by atoms with Crippen molar-refractivity contribution >= 4 is 35.8 Å². The van der Waals surface area contributed by atoms with Crippen LogP contribution in [-0.2, 0) is 0 Å². The van der Waals surface area contributed by atoms with E-state index in [1.54, 1.807) is 7.05 Å². The maximum atomic E-state index is 11.9. The lowest BCUT2D eigenvalue weighted by Crippen LogP contribution is -2.42. The Hall–Kier alpha value is -1.31. The molecule has 124 valence electrons. The summed E-state index contributed by atoms with van der Waals surface area (Å²) < 4.78 is 0. The molecule has 0 spiro atoms. The minimum Gasteiger partial charge on any atom is -0.356 e. The van der Waals surface area contributed by atoms with Gasteiger partial charge < -0.3 is 16.0 Å². The first-order chi connectivity index (χ1) is 10.0. The lowest BCUT2D eigenvalue weighted by molar-refractivity contribution is 0.0954. The van der Waals surface area contributed by atoms with E-state index >= 15 is 0 Å². The van der Waals surface area contributed by atoms with Crippen molar-refractivity contribution in [2.45, 2.75) is 20.8 Å². The Bertz CT molecular complexity index is 489. The maximum absolute atomic E-state index is 11.9. The zero-order chi connectivity index (χ0) is 15.7. The first-order valence-corrected chi connectivity index (χ1v) is 7.32.